The SMILES string of the molecule is CC(C)(C)C#Cc1cc(N(C(=O)c2ccc(Cl)cc2Cl)C2CCC(O)CC2)c(C(=O)O)s1. The van der Waals surface area contributed by atoms with Gasteiger partial charge in [-0.15, -0.1) is 11.3 Å². The van der Waals surface area contributed by atoms with Crippen LogP contribution in [0.15, 0.2) is 24.3 Å². The van der Waals surface area contributed by atoms with Crippen LogP contribution < -0.4 is 4.90 Å². The van der Waals surface area contributed by atoms with Crippen LogP contribution in [0.1, 0.15) is 71.4 Å². The summed E-state index contributed by atoms with van der Waals surface area (Å²) in [6.45, 7) is 5.91. The van der Waals surface area contributed by atoms with Crippen LogP contribution in [0, 0.1) is 17.3 Å². The Kier molecular flexibility index (Phi) is 7.57. The molecule has 1 heterocycles. The van der Waals surface area contributed by atoms with Crippen molar-refractivity contribution in [2.24, 2.45) is 5.41 Å². The molecule has 170 valence electrons. The van der Waals surface area contributed by atoms with Crippen molar-refractivity contribution in [3.8, 4) is 11.8 Å². The van der Waals surface area contributed by atoms with E-state index in [1.807, 2.05) is 20.8 Å². The number of thiophene rings is 1. The highest BCUT2D eigenvalue weighted by molar-refractivity contribution is 7.15. The van der Waals surface area contributed by atoms with E-state index in [9.17, 15) is 19.8 Å². The van der Waals surface area contributed by atoms with Crippen molar-refractivity contribution in [2.45, 2.75) is 58.6 Å². The van der Waals surface area contributed by atoms with E-state index in [4.69, 9.17) is 23.2 Å². The molecule has 2 aromatic rings. The summed E-state index contributed by atoms with van der Waals surface area (Å²) in [5.41, 5.74) is 0.296. The fourth-order valence-corrected chi connectivity index (χ4v) is 4.94. The van der Waals surface area contributed by atoms with Crippen molar-refractivity contribution in [3.05, 3.63) is 49.6 Å². The van der Waals surface area contributed by atoms with Crippen molar-refractivity contribution in [1.82, 2.24) is 0 Å². The second kappa shape index (κ2) is 9.84. The smallest absolute Gasteiger partial charge is 0.348 e. The molecule has 0 bridgehead atoms. The van der Waals surface area contributed by atoms with Crippen molar-refractivity contribution in [2.75, 3.05) is 4.90 Å². The van der Waals surface area contributed by atoms with E-state index >= 15 is 0 Å². The van der Waals surface area contributed by atoms with Gasteiger partial charge in [-0.1, -0.05) is 35.0 Å². The van der Waals surface area contributed by atoms with Gasteiger partial charge in [-0.2, -0.15) is 0 Å². The number of nitrogens with zero attached hydrogens (tertiary/aromatic N) is 1. The van der Waals surface area contributed by atoms with E-state index in [-0.39, 0.29) is 26.9 Å². The summed E-state index contributed by atoms with van der Waals surface area (Å²) >= 11 is 13.4. The number of hydrogen-bond acceptors (Lipinski definition) is 4. The van der Waals surface area contributed by atoms with E-state index < -0.39 is 18.0 Å². The predicted octanol–water partition coefficient (Wildman–Crippen LogP) is 6.10. The molecule has 0 saturated heterocycles. The normalized spacial score (nSPS) is 18.6. The maximum atomic E-state index is 13.7. The predicted molar refractivity (Wildman–Crippen MR) is 129 cm³/mol. The van der Waals surface area contributed by atoms with Gasteiger partial charge in [0.2, 0.25) is 0 Å². The van der Waals surface area contributed by atoms with Crippen LogP contribution in [-0.4, -0.2) is 34.2 Å². The number of benzene rings is 1. The van der Waals surface area contributed by atoms with E-state index in [0.717, 1.165) is 11.3 Å². The van der Waals surface area contributed by atoms with Crippen LogP contribution in [0.2, 0.25) is 10.0 Å². The van der Waals surface area contributed by atoms with Crippen LogP contribution in [0.4, 0.5) is 5.69 Å². The van der Waals surface area contributed by atoms with Crippen LogP contribution in [0.3, 0.4) is 0 Å². The lowest BCUT2D eigenvalue weighted by Gasteiger charge is -2.36. The summed E-state index contributed by atoms with van der Waals surface area (Å²) in [4.78, 5) is 27.9. The molecule has 1 aliphatic carbocycles. The number of carboxylic acid groups (broad SMARTS) is 1. The monoisotopic (exact) mass is 493 g/mol. The van der Waals surface area contributed by atoms with Crippen LogP contribution in [0.5, 0.6) is 0 Å². The lowest BCUT2D eigenvalue weighted by atomic mass is 9.91. The van der Waals surface area contributed by atoms with E-state index in [2.05, 4.69) is 11.8 Å². The molecule has 1 aromatic heterocycles. The zero-order chi connectivity index (χ0) is 23.6. The Morgan fingerprint density at radius 1 is 1.12 bits per heavy atom. The summed E-state index contributed by atoms with van der Waals surface area (Å²) in [5, 5.41) is 20.4. The van der Waals surface area contributed by atoms with Gasteiger partial charge in [0.05, 0.1) is 27.3 Å². The molecule has 1 saturated carbocycles. The topological polar surface area (TPSA) is 77.8 Å². The Balaban J connectivity index is 2.12. The quantitative estimate of drug-likeness (QED) is 0.504. The van der Waals surface area contributed by atoms with E-state index in [1.165, 1.54) is 11.0 Å². The van der Waals surface area contributed by atoms with Crippen LogP contribution in [0.25, 0.3) is 0 Å². The fraction of sp³-hybridized carbons (Fsp3) is 0.417. The zero-order valence-electron chi connectivity index (χ0n) is 18.1. The number of amides is 1. The fourth-order valence-electron chi connectivity index (χ4n) is 3.61. The Labute approximate surface area is 202 Å². The number of rotatable bonds is 4. The molecular formula is C24H25Cl2NO4S. The Morgan fingerprint density at radius 3 is 2.34 bits per heavy atom. The number of aliphatic hydroxyl groups is 1. The van der Waals surface area contributed by atoms with Crippen molar-refractivity contribution >= 4 is 52.1 Å². The second-order valence-corrected chi connectivity index (χ2v) is 10.8. The third-order valence-corrected chi connectivity index (χ3v) is 6.71. The minimum absolute atomic E-state index is 0.0489. The standard InChI is InChI=1S/C24H25Cl2NO4S/c1-24(2,3)11-10-17-13-20(21(32-17)23(30)31)27(15-5-7-16(28)8-6-15)22(29)18-9-4-14(25)12-19(18)26/h4,9,12-13,15-16,28H,5-8H2,1-3H3,(H,30,31). The number of carbonyl (C=O) groups is 2. The first-order chi connectivity index (χ1) is 15.0. The molecule has 0 radical (unpaired) electrons. The largest absolute Gasteiger partial charge is 0.477 e. The number of halogens is 2. The van der Waals surface area contributed by atoms with Gasteiger partial charge in [-0.3, -0.25) is 4.79 Å². The lowest BCUT2D eigenvalue weighted by molar-refractivity contribution is 0.0702. The average molecular weight is 494 g/mol. The van der Waals surface area contributed by atoms with Crippen molar-refractivity contribution in [3.63, 3.8) is 0 Å². The summed E-state index contributed by atoms with van der Waals surface area (Å²) in [7, 11) is 0. The number of hydrogen-bond donors (Lipinski definition) is 2. The molecule has 1 fully saturated rings. The van der Waals surface area contributed by atoms with Gasteiger partial charge in [0.15, 0.2) is 0 Å². The third kappa shape index (κ3) is 5.85. The van der Waals surface area contributed by atoms with Crippen molar-refractivity contribution in [1.29, 1.82) is 0 Å². The first-order valence-electron chi connectivity index (χ1n) is 10.3. The molecule has 0 atom stereocenters. The molecule has 0 unspecified atom stereocenters. The van der Waals surface area contributed by atoms with Gasteiger partial charge in [0, 0.05) is 16.5 Å². The first-order valence-corrected chi connectivity index (χ1v) is 11.9. The molecule has 8 heteroatoms. The van der Waals surface area contributed by atoms with Crippen molar-refractivity contribution < 1.29 is 19.8 Å². The summed E-state index contributed by atoms with van der Waals surface area (Å²) < 4.78 is 0. The van der Waals surface area contributed by atoms with Gasteiger partial charge < -0.3 is 15.1 Å². The molecule has 0 aliphatic heterocycles. The zero-order valence-corrected chi connectivity index (χ0v) is 20.4. The molecule has 1 amide bonds. The molecular weight excluding hydrogens is 469 g/mol. The lowest BCUT2D eigenvalue weighted by Crippen LogP contribution is -2.44. The average Bonchev–Trinajstić information content (AvgIpc) is 3.12. The van der Waals surface area contributed by atoms with Crippen LogP contribution >= 0.6 is 34.5 Å². The van der Waals surface area contributed by atoms with E-state index in [1.54, 1.807) is 18.2 Å². The highest BCUT2D eigenvalue weighted by Crippen LogP contribution is 2.37. The van der Waals surface area contributed by atoms with Gasteiger partial charge >= 0.3 is 5.97 Å². The Morgan fingerprint density at radius 2 is 1.78 bits per heavy atom. The summed E-state index contributed by atoms with van der Waals surface area (Å²) in [6.07, 6.45) is 1.75. The van der Waals surface area contributed by atoms with Gasteiger partial charge in [-0.25, -0.2) is 4.79 Å². The van der Waals surface area contributed by atoms with Crippen LogP contribution in [-0.2, 0) is 0 Å². The molecule has 5 nitrogen and oxygen atoms in total. The Hall–Kier alpha value is -2.04. The molecule has 1 aliphatic rings. The van der Waals surface area contributed by atoms with Gasteiger partial charge in [0.25, 0.3) is 5.91 Å². The highest BCUT2D eigenvalue weighted by Gasteiger charge is 2.34. The van der Waals surface area contributed by atoms with E-state index in [0.29, 0.717) is 41.3 Å². The number of aromatic carboxylic acids is 1. The summed E-state index contributed by atoms with van der Waals surface area (Å²) in [6, 6.07) is 6.01. The third-order valence-electron chi connectivity index (χ3n) is 5.14. The molecule has 1 aromatic carbocycles. The molecule has 2 N–H and O–H groups in total. The second-order valence-electron chi connectivity index (χ2n) is 8.89. The minimum Gasteiger partial charge on any atom is -0.477 e. The number of carbonyl (C=O) groups excluding carboxylic acids is 1. The number of carboxylic acids is 1. The first kappa shape index (κ1) is 24.6. The highest BCUT2D eigenvalue weighted by atomic mass is 35.5. The molecule has 3 rings (SSSR count). The molecule has 0 spiro atoms. The number of aliphatic hydroxyl groups excluding tert-OH is 1. The minimum atomic E-state index is -1.12. The number of anilines is 1. The van der Waals surface area contributed by atoms with Gasteiger partial charge in [-0.05, 0) is 70.7 Å². The summed E-state index contributed by atoms with van der Waals surface area (Å²) in [5.74, 6) is 4.64. The molecule has 32 heavy (non-hydrogen) atoms. The maximum absolute atomic E-state index is 13.7. The maximum Gasteiger partial charge on any atom is 0.348 e. The van der Waals surface area contributed by atoms with Gasteiger partial charge in [0.1, 0.15) is 4.88 Å². The Bertz CT molecular complexity index is 1090.